The number of halogens is 2. The first-order valence-electron chi connectivity index (χ1n) is 6.47. The van der Waals surface area contributed by atoms with Gasteiger partial charge in [-0.1, -0.05) is 41.9 Å². The SMILES string of the molecule is NC(=O)c1ccccc1-c1[nH]nc(-c2ccc(Cl)cc2)c1F. The van der Waals surface area contributed by atoms with E-state index in [1.165, 1.54) is 0 Å². The summed E-state index contributed by atoms with van der Waals surface area (Å²) in [4.78, 5) is 11.5. The molecule has 0 unspecified atom stereocenters. The van der Waals surface area contributed by atoms with Gasteiger partial charge in [0.1, 0.15) is 11.4 Å². The molecule has 0 radical (unpaired) electrons. The number of rotatable bonds is 3. The Bertz CT molecular complexity index is 843. The predicted molar refractivity (Wildman–Crippen MR) is 82.9 cm³/mol. The highest BCUT2D eigenvalue weighted by molar-refractivity contribution is 6.30. The molecular weight excluding hydrogens is 305 g/mol. The van der Waals surface area contributed by atoms with E-state index in [0.29, 0.717) is 16.1 Å². The van der Waals surface area contributed by atoms with Crippen LogP contribution in [0.4, 0.5) is 4.39 Å². The summed E-state index contributed by atoms with van der Waals surface area (Å²) in [5.74, 6) is -1.17. The topological polar surface area (TPSA) is 71.8 Å². The van der Waals surface area contributed by atoms with Gasteiger partial charge in [-0.2, -0.15) is 5.10 Å². The molecule has 0 bridgehead atoms. The van der Waals surface area contributed by atoms with Crippen LogP contribution in [0.1, 0.15) is 10.4 Å². The fourth-order valence-corrected chi connectivity index (χ4v) is 2.35. The van der Waals surface area contributed by atoms with Gasteiger partial charge >= 0.3 is 0 Å². The molecule has 0 saturated heterocycles. The number of nitrogens with one attached hydrogen (secondary N) is 1. The summed E-state index contributed by atoms with van der Waals surface area (Å²) in [6, 6.07) is 13.2. The third-order valence-corrected chi connectivity index (χ3v) is 3.54. The number of amides is 1. The number of H-pyrrole nitrogens is 1. The van der Waals surface area contributed by atoms with Gasteiger partial charge in [-0.15, -0.1) is 0 Å². The standard InChI is InChI=1S/C16H11ClFN3O/c17-10-7-5-9(6-8-10)14-13(18)15(21-20-14)11-3-1-2-4-12(11)16(19)22/h1-8H,(H2,19,22)(H,20,21). The first-order chi connectivity index (χ1) is 10.6. The van der Waals surface area contributed by atoms with Crippen molar-refractivity contribution in [3.63, 3.8) is 0 Å². The molecule has 22 heavy (non-hydrogen) atoms. The summed E-state index contributed by atoms with van der Waals surface area (Å²) in [5.41, 5.74) is 6.80. The van der Waals surface area contributed by atoms with E-state index in [0.717, 1.165) is 0 Å². The van der Waals surface area contributed by atoms with Crippen molar-refractivity contribution in [2.24, 2.45) is 5.73 Å². The molecule has 1 heterocycles. The summed E-state index contributed by atoms with van der Waals surface area (Å²) in [7, 11) is 0. The Morgan fingerprint density at radius 3 is 2.50 bits per heavy atom. The molecule has 6 heteroatoms. The van der Waals surface area contributed by atoms with Crippen molar-refractivity contribution in [2.45, 2.75) is 0 Å². The van der Waals surface area contributed by atoms with Crippen molar-refractivity contribution in [2.75, 3.05) is 0 Å². The van der Waals surface area contributed by atoms with Crippen LogP contribution in [0.5, 0.6) is 0 Å². The molecule has 3 aromatic rings. The van der Waals surface area contributed by atoms with Gasteiger partial charge in [0, 0.05) is 21.7 Å². The molecule has 2 aromatic carbocycles. The number of hydrogen-bond donors (Lipinski definition) is 2. The van der Waals surface area contributed by atoms with E-state index in [4.69, 9.17) is 17.3 Å². The number of aromatic nitrogens is 2. The minimum atomic E-state index is -0.627. The smallest absolute Gasteiger partial charge is 0.249 e. The number of carbonyl (C=O) groups excluding carboxylic acids is 1. The summed E-state index contributed by atoms with van der Waals surface area (Å²) in [6.07, 6.45) is 0. The van der Waals surface area contributed by atoms with Crippen molar-refractivity contribution in [1.82, 2.24) is 10.2 Å². The maximum Gasteiger partial charge on any atom is 0.249 e. The third-order valence-electron chi connectivity index (χ3n) is 3.29. The molecule has 110 valence electrons. The van der Waals surface area contributed by atoms with Crippen molar-refractivity contribution >= 4 is 17.5 Å². The second-order valence-corrected chi connectivity index (χ2v) is 5.11. The molecule has 0 saturated carbocycles. The highest BCUT2D eigenvalue weighted by Crippen LogP contribution is 2.30. The maximum absolute atomic E-state index is 14.7. The zero-order chi connectivity index (χ0) is 15.7. The van der Waals surface area contributed by atoms with Crippen LogP contribution in [-0.2, 0) is 0 Å². The van der Waals surface area contributed by atoms with E-state index in [1.54, 1.807) is 48.5 Å². The van der Waals surface area contributed by atoms with Crippen molar-refractivity contribution in [1.29, 1.82) is 0 Å². The third kappa shape index (κ3) is 2.46. The van der Waals surface area contributed by atoms with Crippen molar-refractivity contribution in [3.8, 4) is 22.5 Å². The zero-order valence-electron chi connectivity index (χ0n) is 11.3. The Morgan fingerprint density at radius 1 is 1.14 bits per heavy atom. The Balaban J connectivity index is 2.12. The summed E-state index contributed by atoms with van der Waals surface area (Å²) < 4.78 is 14.7. The van der Waals surface area contributed by atoms with E-state index in [2.05, 4.69) is 10.2 Å². The second-order valence-electron chi connectivity index (χ2n) is 4.68. The van der Waals surface area contributed by atoms with E-state index in [1.807, 2.05) is 0 Å². The van der Waals surface area contributed by atoms with Gasteiger partial charge in [0.25, 0.3) is 0 Å². The molecule has 4 nitrogen and oxygen atoms in total. The van der Waals surface area contributed by atoms with E-state index < -0.39 is 11.7 Å². The number of primary amides is 1. The number of carbonyl (C=O) groups is 1. The fraction of sp³-hybridized carbons (Fsp3) is 0. The Kier molecular flexibility index (Phi) is 3.65. The largest absolute Gasteiger partial charge is 0.366 e. The molecule has 0 aliphatic rings. The highest BCUT2D eigenvalue weighted by Gasteiger charge is 2.19. The monoisotopic (exact) mass is 315 g/mol. The molecule has 3 N–H and O–H groups in total. The van der Waals surface area contributed by atoms with E-state index in [-0.39, 0.29) is 17.0 Å². The lowest BCUT2D eigenvalue weighted by atomic mass is 10.0. The average Bonchev–Trinajstić information content (AvgIpc) is 2.89. The summed E-state index contributed by atoms with van der Waals surface area (Å²) >= 11 is 5.82. The molecule has 0 spiro atoms. The van der Waals surface area contributed by atoms with Gasteiger partial charge in [0.2, 0.25) is 5.91 Å². The second kappa shape index (κ2) is 5.61. The fourth-order valence-electron chi connectivity index (χ4n) is 2.22. The predicted octanol–water partition coefficient (Wildman–Crippen LogP) is 3.64. The number of nitrogens with two attached hydrogens (primary N) is 1. The number of hydrogen-bond acceptors (Lipinski definition) is 2. The van der Waals surface area contributed by atoms with Gasteiger partial charge in [-0.25, -0.2) is 4.39 Å². The quantitative estimate of drug-likeness (QED) is 0.774. The van der Waals surface area contributed by atoms with Gasteiger partial charge in [-0.05, 0) is 18.2 Å². The number of nitrogens with zero attached hydrogens (tertiary/aromatic N) is 1. The van der Waals surface area contributed by atoms with Crippen LogP contribution in [0, 0.1) is 5.82 Å². The van der Waals surface area contributed by atoms with Crippen LogP contribution in [-0.4, -0.2) is 16.1 Å². The number of benzene rings is 2. The minimum absolute atomic E-state index is 0.124. The van der Waals surface area contributed by atoms with Crippen molar-refractivity contribution < 1.29 is 9.18 Å². The summed E-state index contributed by atoms with van der Waals surface area (Å²) in [6.45, 7) is 0. The average molecular weight is 316 g/mol. The Hall–Kier alpha value is -2.66. The highest BCUT2D eigenvalue weighted by atomic mass is 35.5. The van der Waals surface area contributed by atoms with Crippen LogP contribution < -0.4 is 5.73 Å². The molecule has 0 fully saturated rings. The molecular formula is C16H11ClFN3O. The molecule has 3 rings (SSSR count). The molecule has 0 aliphatic heterocycles. The van der Waals surface area contributed by atoms with Gasteiger partial charge in [-0.3, -0.25) is 9.89 Å². The first kappa shape index (κ1) is 14.3. The van der Waals surface area contributed by atoms with E-state index in [9.17, 15) is 9.18 Å². The Morgan fingerprint density at radius 2 is 1.82 bits per heavy atom. The van der Waals surface area contributed by atoms with Crippen LogP contribution in [0.2, 0.25) is 5.02 Å². The first-order valence-corrected chi connectivity index (χ1v) is 6.84. The van der Waals surface area contributed by atoms with Crippen LogP contribution in [0.25, 0.3) is 22.5 Å². The zero-order valence-corrected chi connectivity index (χ0v) is 12.1. The lowest BCUT2D eigenvalue weighted by Crippen LogP contribution is -2.12. The van der Waals surface area contributed by atoms with Crippen LogP contribution in [0.3, 0.4) is 0 Å². The van der Waals surface area contributed by atoms with Gasteiger partial charge < -0.3 is 5.73 Å². The minimum Gasteiger partial charge on any atom is -0.366 e. The molecule has 1 aromatic heterocycles. The van der Waals surface area contributed by atoms with Gasteiger partial charge in [0.05, 0.1) is 0 Å². The molecule has 0 aliphatic carbocycles. The molecule has 0 atom stereocenters. The summed E-state index contributed by atoms with van der Waals surface area (Å²) in [5, 5.41) is 7.18. The Labute approximate surface area is 130 Å². The lowest BCUT2D eigenvalue weighted by molar-refractivity contribution is 0.100. The lowest BCUT2D eigenvalue weighted by Gasteiger charge is -2.04. The molecule has 1 amide bonds. The normalized spacial score (nSPS) is 10.6. The van der Waals surface area contributed by atoms with Crippen LogP contribution in [0.15, 0.2) is 48.5 Å². The van der Waals surface area contributed by atoms with E-state index >= 15 is 0 Å². The maximum atomic E-state index is 14.7. The van der Waals surface area contributed by atoms with Crippen molar-refractivity contribution in [3.05, 3.63) is 64.9 Å². The van der Waals surface area contributed by atoms with Gasteiger partial charge in [0.15, 0.2) is 5.82 Å². The van der Waals surface area contributed by atoms with Crippen LogP contribution >= 0.6 is 11.6 Å². The number of aromatic amines is 1.